The van der Waals surface area contributed by atoms with Crippen molar-refractivity contribution in [2.24, 2.45) is 0 Å². The molecule has 0 aromatic heterocycles. The van der Waals surface area contributed by atoms with E-state index < -0.39 is 0 Å². The molecule has 0 atom stereocenters. The van der Waals surface area contributed by atoms with Crippen molar-refractivity contribution in [1.82, 2.24) is 0 Å². The van der Waals surface area contributed by atoms with E-state index in [1.165, 1.54) is 66.8 Å². The minimum absolute atomic E-state index is 0.129. The Hall–Kier alpha value is -4.99. The van der Waals surface area contributed by atoms with Crippen molar-refractivity contribution in [3.63, 3.8) is 0 Å². The van der Waals surface area contributed by atoms with E-state index in [4.69, 9.17) is 11.6 Å². The van der Waals surface area contributed by atoms with Crippen LogP contribution < -0.4 is 0 Å². The summed E-state index contributed by atoms with van der Waals surface area (Å²) in [5, 5.41) is 1.80. The van der Waals surface area contributed by atoms with Crippen molar-refractivity contribution in [1.29, 1.82) is 0 Å². The van der Waals surface area contributed by atoms with Crippen LogP contribution in [0.2, 0.25) is 0 Å². The molecule has 0 saturated heterocycles. The Bertz CT molecular complexity index is 2470. The van der Waals surface area contributed by atoms with E-state index in [9.17, 15) is 0 Å². The van der Waals surface area contributed by atoms with E-state index in [-0.39, 0.29) is 5.41 Å². The first-order chi connectivity index (χ1) is 28.4. The summed E-state index contributed by atoms with van der Waals surface area (Å²) in [5.41, 5.74) is 21.1. The van der Waals surface area contributed by atoms with E-state index in [0.29, 0.717) is 5.88 Å². The lowest BCUT2D eigenvalue weighted by Gasteiger charge is -2.33. The number of fused-ring (bicyclic) bond motifs is 6. The zero-order chi connectivity index (χ0) is 40.5. The predicted octanol–water partition coefficient (Wildman–Crippen LogP) is 15.8. The summed E-state index contributed by atoms with van der Waals surface area (Å²) in [6.45, 7) is 11.5. The number of hydrogen-bond acceptors (Lipinski definition) is 0. The third-order valence-corrected chi connectivity index (χ3v) is 12.9. The van der Waals surface area contributed by atoms with Crippen molar-refractivity contribution in [3.8, 4) is 22.3 Å². The van der Waals surface area contributed by atoms with Crippen LogP contribution >= 0.6 is 43.5 Å². The molecule has 9 rings (SSSR count). The second kappa shape index (κ2) is 19.2. The molecule has 7 aromatic carbocycles. The van der Waals surface area contributed by atoms with Gasteiger partial charge >= 0.3 is 0 Å². The van der Waals surface area contributed by atoms with Crippen LogP contribution in [0.4, 0.5) is 0 Å². The summed E-state index contributed by atoms with van der Waals surface area (Å²) in [6.07, 6.45) is 8.61. The van der Waals surface area contributed by atoms with Gasteiger partial charge in [-0.2, -0.15) is 0 Å². The van der Waals surface area contributed by atoms with Crippen molar-refractivity contribution >= 4 is 61.7 Å². The number of hydrogen-bond donors (Lipinski definition) is 0. The molecule has 3 heteroatoms. The third-order valence-electron chi connectivity index (χ3n) is 11.3. The van der Waals surface area contributed by atoms with Gasteiger partial charge in [0.2, 0.25) is 0 Å². The van der Waals surface area contributed by atoms with Gasteiger partial charge < -0.3 is 0 Å². The van der Waals surface area contributed by atoms with Crippen LogP contribution in [0.3, 0.4) is 0 Å². The van der Waals surface area contributed by atoms with Crippen LogP contribution in [0.1, 0.15) is 66.8 Å². The SMILES string of the molecule is BrCc1ccc2c(c1)Cc1ccccc1-2.C=Cc1ccc(CC2(Cc3ccc(C=C)cc3)c3ccccc3-c3ccc(CBr)cc32)cc1.C=Cc1ccc(CCl)cc1. The van der Waals surface area contributed by atoms with Gasteiger partial charge in [0, 0.05) is 22.0 Å². The first kappa shape index (κ1) is 41.2. The van der Waals surface area contributed by atoms with Gasteiger partial charge in [-0.3, -0.25) is 0 Å². The Labute approximate surface area is 366 Å². The summed E-state index contributed by atoms with van der Waals surface area (Å²) in [5.74, 6) is 0.581. The maximum Gasteiger partial charge on any atom is 0.0474 e. The van der Waals surface area contributed by atoms with Gasteiger partial charge in [-0.15, -0.1) is 11.6 Å². The molecule has 0 heterocycles. The predicted molar refractivity (Wildman–Crippen MR) is 259 cm³/mol. The largest absolute Gasteiger partial charge is 0.122 e. The second-order valence-electron chi connectivity index (χ2n) is 14.9. The minimum atomic E-state index is -0.129. The maximum absolute atomic E-state index is 5.60. The number of benzene rings is 7. The van der Waals surface area contributed by atoms with Gasteiger partial charge in [-0.05, 0) is 108 Å². The van der Waals surface area contributed by atoms with Gasteiger partial charge in [-0.1, -0.05) is 228 Å². The molecule has 288 valence electrons. The molecular weight excluding hydrogens is 856 g/mol. The third kappa shape index (κ3) is 9.01. The van der Waals surface area contributed by atoms with Gasteiger partial charge in [0.05, 0.1) is 0 Å². The summed E-state index contributed by atoms with van der Waals surface area (Å²) in [6, 6.07) is 57.1. The molecule has 0 unspecified atom stereocenters. The average molecular weight is 903 g/mol. The Morgan fingerprint density at radius 3 is 1.41 bits per heavy atom. The minimum Gasteiger partial charge on any atom is -0.122 e. The van der Waals surface area contributed by atoms with Crippen LogP contribution in [0.5, 0.6) is 0 Å². The fourth-order valence-electron chi connectivity index (χ4n) is 8.29. The molecule has 0 nitrogen and oxygen atoms in total. The molecule has 7 aromatic rings. The van der Waals surface area contributed by atoms with Gasteiger partial charge in [0.15, 0.2) is 0 Å². The zero-order valence-electron chi connectivity index (χ0n) is 32.7. The normalized spacial score (nSPS) is 12.3. The first-order valence-corrected chi connectivity index (χ1v) is 22.4. The van der Waals surface area contributed by atoms with Crippen LogP contribution in [-0.4, -0.2) is 0 Å². The van der Waals surface area contributed by atoms with E-state index in [0.717, 1.165) is 52.2 Å². The summed E-state index contributed by atoms with van der Waals surface area (Å²) in [4.78, 5) is 0. The molecule has 0 fully saturated rings. The molecule has 2 aliphatic rings. The lowest BCUT2D eigenvalue weighted by atomic mass is 9.69. The molecule has 0 saturated carbocycles. The Morgan fingerprint density at radius 2 is 0.879 bits per heavy atom. The average Bonchev–Trinajstić information content (AvgIpc) is 3.79. The quantitative estimate of drug-likeness (QED) is 0.120. The monoisotopic (exact) mass is 900 g/mol. The molecule has 0 spiro atoms. The summed E-state index contributed by atoms with van der Waals surface area (Å²) in [7, 11) is 0. The molecule has 0 aliphatic heterocycles. The Balaban J connectivity index is 0.000000167. The van der Waals surface area contributed by atoms with E-state index in [1.54, 1.807) is 0 Å². The molecule has 0 amide bonds. The molecule has 0 bridgehead atoms. The van der Waals surface area contributed by atoms with Crippen LogP contribution in [0.25, 0.3) is 40.5 Å². The maximum atomic E-state index is 5.60. The molecule has 0 N–H and O–H groups in total. The van der Waals surface area contributed by atoms with Crippen LogP contribution in [-0.2, 0) is 41.2 Å². The highest BCUT2D eigenvalue weighted by Crippen LogP contribution is 2.52. The highest BCUT2D eigenvalue weighted by molar-refractivity contribution is 9.08. The lowest BCUT2D eigenvalue weighted by Crippen LogP contribution is -2.31. The van der Waals surface area contributed by atoms with Gasteiger partial charge in [0.1, 0.15) is 0 Å². The van der Waals surface area contributed by atoms with Gasteiger partial charge in [-0.25, -0.2) is 0 Å². The smallest absolute Gasteiger partial charge is 0.0474 e. The number of alkyl halides is 3. The summed E-state index contributed by atoms with van der Waals surface area (Å²) < 4.78 is 0. The van der Waals surface area contributed by atoms with Crippen molar-refractivity contribution in [3.05, 3.63) is 244 Å². The zero-order valence-corrected chi connectivity index (χ0v) is 36.7. The van der Waals surface area contributed by atoms with Crippen LogP contribution in [0.15, 0.2) is 177 Å². The van der Waals surface area contributed by atoms with Crippen molar-refractivity contribution in [2.75, 3.05) is 0 Å². The Kier molecular flexibility index (Phi) is 13.6. The standard InChI is InChI=1S/C32H27Br.C14H11Br.C9H9Cl/c1-3-23-9-13-25(14-10-23)20-32(21-26-15-11-24(4-2)12-16-26)30-8-6-5-7-28(30)29-18-17-27(22-33)19-31(29)32;15-9-10-5-6-14-12(7-10)8-11-3-1-2-4-13(11)14;1-2-8-3-5-9(7-10)6-4-8/h3-19H,1-2,20-22H2;1-7H,8-9H2;2-6H,1,7H2. The molecular formula is C55H47Br2Cl. The van der Waals surface area contributed by atoms with Crippen LogP contribution in [0, 0.1) is 0 Å². The fourth-order valence-corrected chi connectivity index (χ4v) is 9.17. The molecule has 0 radical (unpaired) electrons. The topological polar surface area (TPSA) is 0 Å². The van der Waals surface area contributed by atoms with E-state index in [1.807, 2.05) is 42.5 Å². The highest BCUT2D eigenvalue weighted by atomic mass is 79.9. The molecule has 58 heavy (non-hydrogen) atoms. The summed E-state index contributed by atoms with van der Waals surface area (Å²) >= 11 is 12.8. The highest BCUT2D eigenvalue weighted by Gasteiger charge is 2.43. The second-order valence-corrected chi connectivity index (χ2v) is 16.3. The van der Waals surface area contributed by atoms with Crippen molar-refractivity contribution in [2.45, 2.75) is 41.2 Å². The molecule has 2 aliphatic carbocycles. The first-order valence-electron chi connectivity index (χ1n) is 19.7. The van der Waals surface area contributed by atoms with E-state index >= 15 is 0 Å². The van der Waals surface area contributed by atoms with E-state index in [2.05, 4.69) is 185 Å². The fraction of sp³-hybridized carbons (Fsp3) is 0.127. The number of rotatable bonds is 10. The van der Waals surface area contributed by atoms with Gasteiger partial charge in [0.25, 0.3) is 0 Å². The number of halogens is 3. The van der Waals surface area contributed by atoms with Crippen molar-refractivity contribution < 1.29 is 0 Å². The lowest BCUT2D eigenvalue weighted by molar-refractivity contribution is 0.519. The Morgan fingerprint density at radius 1 is 0.448 bits per heavy atom.